The average molecular weight is 441 g/mol. The van der Waals surface area contributed by atoms with E-state index in [4.69, 9.17) is 24.4 Å². The fourth-order valence-corrected chi connectivity index (χ4v) is 6.07. The first kappa shape index (κ1) is 19.5. The third-order valence-corrected chi connectivity index (χ3v) is 7.52. The molecular weight excluding hydrogens is 412 g/mol. The zero-order valence-corrected chi connectivity index (χ0v) is 18.8. The van der Waals surface area contributed by atoms with Gasteiger partial charge in [-0.25, -0.2) is 9.97 Å². The summed E-state index contributed by atoms with van der Waals surface area (Å²) in [6.45, 7) is 9.70. The number of ether oxygens (including phenoxy) is 2. The second-order valence-electron chi connectivity index (χ2n) is 8.30. The molecule has 3 aromatic rings. The highest BCUT2D eigenvalue weighted by atomic mass is 32.1. The van der Waals surface area contributed by atoms with E-state index in [1.54, 1.807) is 11.3 Å². The second-order valence-corrected chi connectivity index (χ2v) is 9.30. The first-order valence-electron chi connectivity index (χ1n) is 11.4. The summed E-state index contributed by atoms with van der Waals surface area (Å²) in [5.41, 5.74) is 3.87. The fraction of sp³-hybridized carbons (Fsp3) is 0.591. The zero-order valence-electron chi connectivity index (χ0n) is 17.9. The van der Waals surface area contributed by atoms with Gasteiger partial charge in [0.15, 0.2) is 0 Å². The molecule has 164 valence electrons. The summed E-state index contributed by atoms with van der Waals surface area (Å²) < 4.78 is 12.6. The Kier molecular flexibility index (Phi) is 5.04. The van der Waals surface area contributed by atoms with Gasteiger partial charge < -0.3 is 24.6 Å². The number of aromatic nitrogens is 3. The summed E-state index contributed by atoms with van der Waals surface area (Å²) >= 11 is 1.68. The van der Waals surface area contributed by atoms with Crippen LogP contribution in [-0.2, 0) is 17.6 Å². The van der Waals surface area contributed by atoms with Crippen LogP contribution in [0.4, 0.5) is 11.8 Å². The first-order chi connectivity index (χ1) is 15.3. The molecule has 6 rings (SSSR count). The number of nitrogens with one attached hydrogen (secondary N) is 1. The summed E-state index contributed by atoms with van der Waals surface area (Å²) in [4.78, 5) is 20.8. The highest BCUT2D eigenvalue weighted by Gasteiger charge is 2.28. The highest BCUT2D eigenvalue weighted by molar-refractivity contribution is 7.25. The van der Waals surface area contributed by atoms with E-state index >= 15 is 0 Å². The molecule has 9 heteroatoms. The van der Waals surface area contributed by atoms with Crippen molar-refractivity contribution in [1.82, 2.24) is 20.3 Å². The van der Waals surface area contributed by atoms with Crippen LogP contribution < -0.4 is 19.9 Å². The van der Waals surface area contributed by atoms with Crippen molar-refractivity contribution in [2.75, 3.05) is 68.9 Å². The maximum absolute atomic E-state index is 6.01. The van der Waals surface area contributed by atoms with Crippen molar-refractivity contribution in [3.05, 3.63) is 11.1 Å². The lowest BCUT2D eigenvalue weighted by atomic mass is 10.1. The van der Waals surface area contributed by atoms with Crippen LogP contribution in [0.15, 0.2) is 0 Å². The second kappa shape index (κ2) is 8.03. The smallest absolute Gasteiger partial charge is 0.236 e. The van der Waals surface area contributed by atoms with Gasteiger partial charge in [-0.3, -0.25) is 0 Å². The lowest BCUT2D eigenvalue weighted by Gasteiger charge is -2.29. The minimum atomic E-state index is 0.589. The van der Waals surface area contributed by atoms with Crippen LogP contribution in [0.2, 0.25) is 0 Å². The lowest BCUT2D eigenvalue weighted by molar-refractivity contribution is 0.122. The van der Waals surface area contributed by atoms with Crippen molar-refractivity contribution in [2.45, 2.75) is 26.2 Å². The van der Waals surface area contributed by atoms with Crippen LogP contribution in [0.1, 0.15) is 24.5 Å². The number of hydrogen-bond donors (Lipinski definition) is 1. The lowest BCUT2D eigenvalue weighted by Crippen LogP contribution is -2.44. The van der Waals surface area contributed by atoms with Gasteiger partial charge in [0.1, 0.15) is 20.9 Å². The van der Waals surface area contributed by atoms with Gasteiger partial charge in [-0.05, 0) is 37.3 Å². The van der Waals surface area contributed by atoms with Crippen LogP contribution >= 0.6 is 11.3 Å². The van der Waals surface area contributed by atoms with E-state index in [1.165, 1.54) is 22.9 Å². The predicted molar refractivity (Wildman–Crippen MR) is 124 cm³/mol. The number of morpholine rings is 1. The Labute approximate surface area is 185 Å². The fourth-order valence-electron chi connectivity index (χ4n) is 4.99. The van der Waals surface area contributed by atoms with Crippen molar-refractivity contribution in [1.29, 1.82) is 0 Å². The van der Waals surface area contributed by atoms with E-state index in [2.05, 4.69) is 15.1 Å². The molecule has 5 heterocycles. The van der Waals surface area contributed by atoms with Gasteiger partial charge in [0.25, 0.3) is 0 Å². The zero-order chi connectivity index (χ0) is 20.8. The van der Waals surface area contributed by atoms with Crippen molar-refractivity contribution in [3.63, 3.8) is 0 Å². The Balaban J connectivity index is 1.56. The van der Waals surface area contributed by atoms with E-state index in [0.717, 1.165) is 92.1 Å². The molecule has 0 amide bonds. The maximum atomic E-state index is 6.01. The summed E-state index contributed by atoms with van der Waals surface area (Å²) in [6, 6.07) is 0. The Morgan fingerprint density at radius 1 is 1.00 bits per heavy atom. The van der Waals surface area contributed by atoms with Gasteiger partial charge in [0.2, 0.25) is 11.8 Å². The molecule has 0 aromatic carbocycles. The molecule has 3 aliphatic rings. The minimum Gasteiger partial charge on any atom is -0.477 e. The predicted octanol–water partition coefficient (Wildman–Crippen LogP) is 2.37. The van der Waals surface area contributed by atoms with Gasteiger partial charge in [-0.1, -0.05) is 0 Å². The molecule has 1 aliphatic carbocycles. The van der Waals surface area contributed by atoms with Crippen LogP contribution in [0.3, 0.4) is 0 Å². The SMILES string of the molecule is CCOc1nc(N2CCNCC2)nc2c1sc1nc(N3CCOCC3)c3c(c12)CCC3. The van der Waals surface area contributed by atoms with Crippen molar-refractivity contribution in [3.8, 4) is 5.88 Å². The van der Waals surface area contributed by atoms with Crippen molar-refractivity contribution in [2.24, 2.45) is 0 Å². The molecule has 2 aliphatic heterocycles. The van der Waals surface area contributed by atoms with E-state index in [1.807, 2.05) is 6.92 Å². The molecule has 2 saturated heterocycles. The van der Waals surface area contributed by atoms with Gasteiger partial charge in [0, 0.05) is 44.7 Å². The van der Waals surface area contributed by atoms with Gasteiger partial charge >= 0.3 is 0 Å². The normalized spacial score (nSPS) is 19.4. The van der Waals surface area contributed by atoms with E-state index < -0.39 is 0 Å². The van der Waals surface area contributed by atoms with Crippen LogP contribution in [0, 0.1) is 0 Å². The number of pyridine rings is 1. The molecule has 3 aromatic heterocycles. The monoisotopic (exact) mass is 440 g/mol. The number of anilines is 2. The van der Waals surface area contributed by atoms with Crippen molar-refractivity contribution >= 4 is 43.5 Å². The minimum absolute atomic E-state index is 0.589. The third-order valence-electron chi connectivity index (χ3n) is 6.46. The van der Waals surface area contributed by atoms with E-state index in [0.29, 0.717) is 12.5 Å². The molecule has 31 heavy (non-hydrogen) atoms. The number of piperazine rings is 1. The van der Waals surface area contributed by atoms with Gasteiger partial charge in [-0.15, -0.1) is 11.3 Å². The first-order valence-corrected chi connectivity index (χ1v) is 12.2. The number of fused-ring (bicyclic) bond motifs is 5. The molecule has 0 saturated carbocycles. The number of thiophene rings is 1. The van der Waals surface area contributed by atoms with Gasteiger partial charge in [0.05, 0.1) is 19.8 Å². The van der Waals surface area contributed by atoms with E-state index in [-0.39, 0.29) is 0 Å². The number of rotatable bonds is 4. The largest absolute Gasteiger partial charge is 0.477 e. The molecule has 0 unspecified atom stereocenters. The Morgan fingerprint density at radius 2 is 1.81 bits per heavy atom. The number of aryl methyl sites for hydroxylation is 1. The van der Waals surface area contributed by atoms with Crippen molar-refractivity contribution < 1.29 is 9.47 Å². The third kappa shape index (κ3) is 3.30. The summed E-state index contributed by atoms with van der Waals surface area (Å²) in [6.07, 6.45) is 3.36. The Bertz CT molecular complexity index is 1120. The molecular formula is C22H28N6O2S. The number of hydrogen-bond acceptors (Lipinski definition) is 9. The molecule has 0 radical (unpaired) electrons. The molecule has 0 spiro atoms. The quantitative estimate of drug-likeness (QED) is 0.663. The van der Waals surface area contributed by atoms with Crippen LogP contribution in [-0.4, -0.2) is 74.0 Å². The van der Waals surface area contributed by atoms with Gasteiger partial charge in [-0.2, -0.15) is 4.98 Å². The summed E-state index contributed by atoms with van der Waals surface area (Å²) in [5, 5.41) is 4.63. The molecule has 0 bridgehead atoms. The summed E-state index contributed by atoms with van der Waals surface area (Å²) in [7, 11) is 0. The standard InChI is InChI=1S/C22H28N6O2S/c1-2-30-20-18-17(24-22(26-20)28-8-6-23-7-9-28)16-14-4-3-5-15(14)19(25-21(16)31-18)27-10-12-29-13-11-27/h23H,2-13H2,1H3. The van der Waals surface area contributed by atoms with Crippen LogP contribution in [0.25, 0.3) is 20.4 Å². The topological polar surface area (TPSA) is 75.6 Å². The molecule has 1 N–H and O–H groups in total. The number of nitrogens with zero attached hydrogens (tertiary/aromatic N) is 5. The molecule has 0 atom stereocenters. The maximum Gasteiger partial charge on any atom is 0.236 e. The average Bonchev–Trinajstić information content (AvgIpc) is 3.44. The van der Waals surface area contributed by atoms with Crippen LogP contribution in [0.5, 0.6) is 5.88 Å². The Hall–Kier alpha value is -2.23. The van der Waals surface area contributed by atoms with E-state index in [9.17, 15) is 0 Å². The molecule has 2 fully saturated rings. The highest BCUT2D eigenvalue weighted by Crippen LogP contribution is 2.44. The Morgan fingerprint density at radius 3 is 2.61 bits per heavy atom. The molecule has 8 nitrogen and oxygen atoms in total. The summed E-state index contributed by atoms with van der Waals surface area (Å²) in [5.74, 6) is 2.63.